The Morgan fingerprint density at radius 3 is 2.67 bits per heavy atom. The zero-order valence-electron chi connectivity index (χ0n) is 12.3. The van der Waals surface area contributed by atoms with Crippen molar-refractivity contribution in [2.75, 3.05) is 7.05 Å². The molecule has 2 heterocycles. The Morgan fingerprint density at radius 2 is 1.95 bits per heavy atom. The largest absolute Gasteiger partial charge is 0.307 e. The first-order valence-corrected chi connectivity index (χ1v) is 7.13. The van der Waals surface area contributed by atoms with E-state index in [0.717, 1.165) is 23.6 Å². The predicted molar refractivity (Wildman–Crippen MR) is 82.4 cm³/mol. The van der Waals surface area contributed by atoms with Crippen molar-refractivity contribution in [2.45, 2.75) is 19.5 Å². The molecule has 5 nitrogen and oxygen atoms in total. The number of para-hydroxylation sites is 1. The Hall–Kier alpha value is -2.40. The summed E-state index contributed by atoms with van der Waals surface area (Å²) in [6.07, 6.45) is 3.82. The molecule has 0 aliphatic heterocycles. The van der Waals surface area contributed by atoms with Crippen LogP contribution in [-0.4, -0.2) is 26.6 Å². The summed E-state index contributed by atoms with van der Waals surface area (Å²) in [4.78, 5) is 0. The minimum atomic E-state index is 0.0393. The Labute approximate surface area is 124 Å². The summed E-state index contributed by atoms with van der Waals surface area (Å²) in [7, 11) is 1.94. The van der Waals surface area contributed by atoms with E-state index in [1.807, 2.05) is 71.3 Å². The summed E-state index contributed by atoms with van der Waals surface area (Å²) in [5.74, 6) is 0. The first kappa shape index (κ1) is 13.6. The molecule has 0 radical (unpaired) electrons. The third-order valence-corrected chi connectivity index (χ3v) is 3.56. The van der Waals surface area contributed by atoms with Crippen LogP contribution in [0.15, 0.2) is 54.9 Å². The third-order valence-electron chi connectivity index (χ3n) is 3.56. The molecule has 0 fully saturated rings. The van der Waals surface area contributed by atoms with Crippen LogP contribution in [0.25, 0.3) is 5.69 Å². The molecule has 0 saturated heterocycles. The maximum Gasteiger partial charge on any atom is 0.0938 e. The minimum absolute atomic E-state index is 0.0393. The molecular formula is C16H19N5. The summed E-state index contributed by atoms with van der Waals surface area (Å²) >= 11 is 0. The van der Waals surface area contributed by atoms with Crippen molar-refractivity contribution < 1.29 is 0 Å². The van der Waals surface area contributed by atoms with Crippen LogP contribution in [-0.2, 0) is 6.54 Å². The van der Waals surface area contributed by atoms with Gasteiger partial charge in [0.15, 0.2) is 0 Å². The lowest BCUT2D eigenvalue weighted by Gasteiger charge is -2.15. The lowest BCUT2D eigenvalue weighted by molar-refractivity contribution is 0.553. The highest BCUT2D eigenvalue weighted by atomic mass is 15.3. The number of nitrogens with zero attached hydrogens (tertiary/aromatic N) is 4. The van der Waals surface area contributed by atoms with Gasteiger partial charge in [0.1, 0.15) is 0 Å². The molecule has 3 aromatic rings. The summed E-state index contributed by atoms with van der Waals surface area (Å²) < 4.78 is 3.88. The molecule has 0 aliphatic carbocycles. The summed E-state index contributed by atoms with van der Waals surface area (Å²) in [6, 6.07) is 14.2. The van der Waals surface area contributed by atoms with Gasteiger partial charge in [-0.25, -0.2) is 4.68 Å². The molecule has 1 aromatic carbocycles. The van der Waals surface area contributed by atoms with Gasteiger partial charge in [0.2, 0.25) is 0 Å². The molecule has 0 amide bonds. The van der Waals surface area contributed by atoms with E-state index in [1.54, 1.807) is 0 Å². The number of benzene rings is 1. The Bertz CT molecular complexity index is 698. The van der Waals surface area contributed by atoms with Crippen molar-refractivity contribution in [3.8, 4) is 5.69 Å². The first-order chi connectivity index (χ1) is 10.3. The fourth-order valence-corrected chi connectivity index (χ4v) is 2.52. The van der Waals surface area contributed by atoms with Gasteiger partial charge < -0.3 is 5.32 Å². The zero-order chi connectivity index (χ0) is 14.7. The van der Waals surface area contributed by atoms with Crippen molar-refractivity contribution in [3.63, 3.8) is 0 Å². The quantitative estimate of drug-likeness (QED) is 0.781. The van der Waals surface area contributed by atoms with E-state index in [0.29, 0.717) is 0 Å². The van der Waals surface area contributed by atoms with E-state index >= 15 is 0 Å². The number of hydrogen-bond donors (Lipinski definition) is 1. The smallest absolute Gasteiger partial charge is 0.0938 e. The van der Waals surface area contributed by atoms with E-state index < -0.39 is 0 Å². The Balaban J connectivity index is 1.94. The second-order valence-electron chi connectivity index (χ2n) is 4.81. The number of rotatable bonds is 5. The first-order valence-electron chi connectivity index (χ1n) is 7.13. The average molecular weight is 281 g/mol. The van der Waals surface area contributed by atoms with Gasteiger partial charge >= 0.3 is 0 Å². The molecule has 1 unspecified atom stereocenters. The van der Waals surface area contributed by atoms with E-state index in [2.05, 4.69) is 17.3 Å². The number of nitrogens with one attached hydrogen (secondary N) is 1. The third kappa shape index (κ3) is 2.60. The van der Waals surface area contributed by atoms with Crippen LogP contribution in [0.3, 0.4) is 0 Å². The Kier molecular flexibility index (Phi) is 3.83. The summed E-state index contributed by atoms with van der Waals surface area (Å²) in [5, 5.41) is 12.4. The molecule has 5 heteroatoms. The topological polar surface area (TPSA) is 47.7 Å². The van der Waals surface area contributed by atoms with E-state index in [9.17, 15) is 0 Å². The normalized spacial score (nSPS) is 12.5. The van der Waals surface area contributed by atoms with Gasteiger partial charge in [-0.05, 0) is 38.2 Å². The highest BCUT2D eigenvalue weighted by molar-refractivity contribution is 5.31. The summed E-state index contributed by atoms with van der Waals surface area (Å²) in [5.41, 5.74) is 3.16. The van der Waals surface area contributed by atoms with Crippen LogP contribution < -0.4 is 5.32 Å². The molecule has 1 atom stereocenters. The van der Waals surface area contributed by atoms with Gasteiger partial charge in [0.05, 0.1) is 23.1 Å². The van der Waals surface area contributed by atoms with Gasteiger partial charge in [-0.2, -0.15) is 10.2 Å². The lowest BCUT2D eigenvalue weighted by atomic mass is 10.1. The van der Waals surface area contributed by atoms with Gasteiger partial charge in [0, 0.05) is 18.9 Å². The van der Waals surface area contributed by atoms with E-state index in [-0.39, 0.29) is 6.04 Å². The van der Waals surface area contributed by atoms with Gasteiger partial charge in [-0.1, -0.05) is 18.2 Å². The molecular weight excluding hydrogens is 262 g/mol. The van der Waals surface area contributed by atoms with Crippen molar-refractivity contribution in [2.24, 2.45) is 0 Å². The second kappa shape index (κ2) is 5.93. The van der Waals surface area contributed by atoms with Crippen molar-refractivity contribution in [3.05, 3.63) is 66.2 Å². The van der Waals surface area contributed by atoms with Crippen molar-refractivity contribution >= 4 is 0 Å². The van der Waals surface area contributed by atoms with Crippen molar-refractivity contribution in [1.29, 1.82) is 0 Å². The van der Waals surface area contributed by atoms with Crippen LogP contribution in [0.5, 0.6) is 0 Å². The zero-order valence-corrected chi connectivity index (χ0v) is 12.3. The molecule has 21 heavy (non-hydrogen) atoms. The highest BCUT2D eigenvalue weighted by Gasteiger charge is 2.18. The fraction of sp³-hybridized carbons (Fsp3) is 0.250. The fourth-order valence-electron chi connectivity index (χ4n) is 2.52. The molecule has 0 bridgehead atoms. The number of aryl methyl sites for hydroxylation is 1. The van der Waals surface area contributed by atoms with Crippen LogP contribution in [0.2, 0.25) is 0 Å². The molecule has 108 valence electrons. The van der Waals surface area contributed by atoms with Crippen LogP contribution >= 0.6 is 0 Å². The maximum atomic E-state index is 4.70. The summed E-state index contributed by atoms with van der Waals surface area (Å²) in [6.45, 7) is 2.94. The monoisotopic (exact) mass is 281 g/mol. The standard InChI is InChI=1S/C16H19N5/c1-3-20-15(9-11-18-20)16(17-2)14-10-12-21(19-14)13-7-5-4-6-8-13/h4-12,16-17H,3H2,1-2H3. The molecule has 0 spiro atoms. The van der Waals surface area contributed by atoms with E-state index in [1.165, 1.54) is 0 Å². The highest BCUT2D eigenvalue weighted by Crippen LogP contribution is 2.20. The maximum absolute atomic E-state index is 4.70. The van der Waals surface area contributed by atoms with Gasteiger partial charge in [-0.15, -0.1) is 0 Å². The number of hydrogen-bond acceptors (Lipinski definition) is 3. The molecule has 0 aliphatic rings. The lowest BCUT2D eigenvalue weighted by Crippen LogP contribution is -2.22. The second-order valence-corrected chi connectivity index (χ2v) is 4.81. The van der Waals surface area contributed by atoms with Crippen molar-refractivity contribution in [1.82, 2.24) is 24.9 Å². The van der Waals surface area contributed by atoms with Crippen LogP contribution in [0, 0.1) is 0 Å². The average Bonchev–Trinajstić information content (AvgIpc) is 3.19. The number of aromatic nitrogens is 4. The Morgan fingerprint density at radius 1 is 1.14 bits per heavy atom. The molecule has 2 aromatic heterocycles. The SMILES string of the molecule is CCn1nccc1C(NC)c1ccn(-c2ccccc2)n1. The van der Waals surface area contributed by atoms with Crippen LogP contribution in [0.4, 0.5) is 0 Å². The van der Waals surface area contributed by atoms with Crippen LogP contribution in [0.1, 0.15) is 24.4 Å². The molecule has 0 saturated carbocycles. The molecule has 3 rings (SSSR count). The minimum Gasteiger partial charge on any atom is -0.307 e. The van der Waals surface area contributed by atoms with Gasteiger partial charge in [-0.3, -0.25) is 4.68 Å². The molecule has 1 N–H and O–H groups in total. The van der Waals surface area contributed by atoms with E-state index in [4.69, 9.17) is 5.10 Å². The van der Waals surface area contributed by atoms with Gasteiger partial charge in [0.25, 0.3) is 0 Å². The predicted octanol–water partition coefficient (Wildman–Crippen LogP) is 2.40.